The van der Waals surface area contributed by atoms with Crippen LogP contribution in [-0.4, -0.2) is 118 Å². The second kappa shape index (κ2) is 10.2. The number of ether oxygens (including phenoxy) is 2. The molecule has 2 fully saturated rings. The van der Waals surface area contributed by atoms with Crippen LogP contribution in [0, 0.1) is 0 Å². The van der Waals surface area contributed by atoms with E-state index in [0.29, 0.717) is 22.4 Å². The third-order valence-corrected chi connectivity index (χ3v) is 7.78. The average Bonchev–Trinajstić information content (AvgIpc) is 3.21. The molecule has 0 bridgehead atoms. The van der Waals surface area contributed by atoms with Crippen molar-refractivity contribution in [2.45, 2.75) is 60.1 Å². The minimum atomic E-state index is -2.18. The summed E-state index contributed by atoms with van der Waals surface area (Å²) >= 11 is 0. The maximum Gasteiger partial charge on any atom is 0.255 e. The molecule has 2 aromatic rings. The van der Waals surface area contributed by atoms with Gasteiger partial charge in [-0.1, -0.05) is 30.3 Å². The molecule has 2 aromatic carbocycles. The van der Waals surface area contributed by atoms with Crippen molar-refractivity contribution in [3.05, 3.63) is 64.7 Å². The lowest BCUT2D eigenvalue weighted by Gasteiger charge is -2.70. The Kier molecular flexibility index (Phi) is 7.43. The van der Waals surface area contributed by atoms with Gasteiger partial charge in [0.25, 0.3) is 5.91 Å². The molecule has 0 saturated carbocycles. The summed E-state index contributed by atoms with van der Waals surface area (Å²) in [5.41, 5.74) is 2.61. The standard InChI is InChI=1S/C25H19B8N3O5/c26-22(27)24(30,31)41-25(32,33)23(28,29)36(22)10-13-4-6-14(7-5-13)12-40-18-3-1-2-15-16(18)11-35(21(15)39)17-8-9-19(37)34-20(17)38/h1-7,17H,8-12H2,(H,34,37,38). The second-order valence-corrected chi connectivity index (χ2v) is 10.7. The SMILES string of the molecule is [B]C1([B])OC([B])([B])C([B])([B])N(Cc2ccc(COc3cccc4c3CN(C3CCC(=O)NC3=O)C4=O)cc2)C1([B])[B]. The first-order valence-corrected chi connectivity index (χ1v) is 12.8. The van der Waals surface area contributed by atoms with Gasteiger partial charge in [-0.05, 0) is 51.2 Å². The van der Waals surface area contributed by atoms with Gasteiger partial charge in [-0.25, -0.2) is 0 Å². The minimum Gasteiger partial charge on any atom is -0.489 e. The average molecular weight is 528 g/mol. The van der Waals surface area contributed by atoms with E-state index in [0.717, 1.165) is 5.56 Å². The van der Waals surface area contributed by atoms with E-state index in [-0.39, 0.29) is 44.4 Å². The van der Waals surface area contributed by atoms with E-state index in [9.17, 15) is 14.4 Å². The van der Waals surface area contributed by atoms with Crippen molar-refractivity contribution in [2.75, 3.05) is 0 Å². The van der Waals surface area contributed by atoms with E-state index in [1.165, 1.54) is 9.80 Å². The van der Waals surface area contributed by atoms with Crippen molar-refractivity contribution in [3.63, 3.8) is 0 Å². The molecule has 1 atom stereocenters. The fraction of sp³-hybridized carbons (Fsp3) is 0.400. The van der Waals surface area contributed by atoms with Gasteiger partial charge in [0.05, 0.1) is 69.3 Å². The van der Waals surface area contributed by atoms with Crippen molar-refractivity contribution >= 4 is 80.5 Å². The van der Waals surface area contributed by atoms with Crippen LogP contribution in [0.15, 0.2) is 42.5 Å². The number of rotatable bonds is 6. The Morgan fingerprint density at radius 2 is 1.49 bits per heavy atom. The molecule has 3 amide bonds. The Morgan fingerprint density at radius 3 is 2.10 bits per heavy atom. The number of nitrogens with one attached hydrogen (secondary N) is 1. The third-order valence-electron chi connectivity index (χ3n) is 7.78. The molecule has 188 valence electrons. The van der Waals surface area contributed by atoms with Gasteiger partial charge in [-0.15, -0.1) is 0 Å². The van der Waals surface area contributed by atoms with Crippen molar-refractivity contribution in [3.8, 4) is 5.75 Å². The van der Waals surface area contributed by atoms with Crippen LogP contribution in [0.2, 0.25) is 0 Å². The fourth-order valence-electron chi connectivity index (χ4n) is 5.21. The number of carbonyl (C=O) groups is 3. The molecule has 8 nitrogen and oxygen atoms in total. The summed E-state index contributed by atoms with van der Waals surface area (Å²) in [6, 6.07) is 11.6. The summed E-state index contributed by atoms with van der Waals surface area (Å²) in [6.07, 6.45) is 0.451. The number of imide groups is 1. The number of hydrogen-bond donors (Lipinski definition) is 1. The summed E-state index contributed by atoms with van der Waals surface area (Å²) < 4.78 is 11.3. The van der Waals surface area contributed by atoms with Crippen LogP contribution in [0.4, 0.5) is 0 Å². The van der Waals surface area contributed by atoms with Crippen molar-refractivity contribution < 1.29 is 23.9 Å². The number of nitrogens with zero attached hydrogens (tertiary/aromatic N) is 2. The number of benzene rings is 2. The molecule has 5 rings (SSSR count). The van der Waals surface area contributed by atoms with Crippen molar-refractivity contribution in [1.82, 2.24) is 15.1 Å². The Hall–Kier alpha value is -2.71. The molecule has 16 radical (unpaired) electrons. The van der Waals surface area contributed by atoms with Crippen LogP contribution in [0.1, 0.15) is 39.9 Å². The molecule has 1 unspecified atom stereocenters. The molecule has 0 aliphatic carbocycles. The molecule has 1 N–H and O–H groups in total. The van der Waals surface area contributed by atoms with Crippen molar-refractivity contribution in [1.29, 1.82) is 0 Å². The smallest absolute Gasteiger partial charge is 0.255 e. The highest BCUT2D eigenvalue weighted by atomic mass is 16.5. The van der Waals surface area contributed by atoms with Crippen molar-refractivity contribution in [2.24, 2.45) is 0 Å². The molecular weight excluding hydrogens is 509 g/mol. The number of hydrogen-bond acceptors (Lipinski definition) is 6. The summed E-state index contributed by atoms with van der Waals surface area (Å²) in [4.78, 5) is 39.6. The number of carbonyl (C=O) groups excluding carboxylic acids is 3. The van der Waals surface area contributed by atoms with Gasteiger partial charge < -0.3 is 19.3 Å². The normalized spacial score (nSPS) is 24.4. The molecule has 0 aromatic heterocycles. The Bertz CT molecular complexity index is 1380. The zero-order valence-electron chi connectivity index (χ0n) is 22.2. The molecule has 3 heterocycles. The largest absolute Gasteiger partial charge is 0.489 e. The maximum atomic E-state index is 13.0. The van der Waals surface area contributed by atoms with Gasteiger partial charge in [0.1, 0.15) is 18.4 Å². The summed E-state index contributed by atoms with van der Waals surface area (Å²) in [7, 11) is 48.5. The number of fused-ring (bicyclic) bond motifs is 1. The van der Waals surface area contributed by atoms with E-state index < -0.39 is 33.4 Å². The maximum absolute atomic E-state index is 13.0. The van der Waals surface area contributed by atoms with Crippen LogP contribution in [0.25, 0.3) is 0 Å². The van der Waals surface area contributed by atoms with Crippen LogP contribution < -0.4 is 10.1 Å². The van der Waals surface area contributed by atoms with Gasteiger partial charge in [-0.3, -0.25) is 19.7 Å². The predicted molar refractivity (Wildman–Crippen MR) is 157 cm³/mol. The minimum absolute atomic E-state index is 0.0265. The summed E-state index contributed by atoms with van der Waals surface area (Å²) in [6.45, 7) is 0.351. The summed E-state index contributed by atoms with van der Waals surface area (Å²) in [5, 5.41) is -6.17. The predicted octanol–water partition coefficient (Wildman–Crippen LogP) is -2.18. The van der Waals surface area contributed by atoms with E-state index in [1.807, 2.05) is 0 Å². The van der Waals surface area contributed by atoms with Gasteiger partial charge in [0.15, 0.2) is 0 Å². The third kappa shape index (κ3) is 5.11. The topological polar surface area (TPSA) is 88.2 Å². The number of amides is 3. The first kappa shape index (κ1) is 29.8. The number of piperidine rings is 1. The van der Waals surface area contributed by atoms with Crippen LogP contribution in [-0.2, 0) is 34.0 Å². The van der Waals surface area contributed by atoms with E-state index in [2.05, 4.69) is 5.32 Å². The Labute approximate surface area is 249 Å². The highest BCUT2D eigenvalue weighted by Gasteiger charge is 2.56. The van der Waals surface area contributed by atoms with Crippen LogP contribution in [0.3, 0.4) is 0 Å². The lowest BCUT2D eigenvalue weighted by molar-refractivity contribution is -0.136. The molecule has 41 heavy (non-hydrogen) atoms. The van der Waals surface area contributed by atoms with E-state index in [1.54, 1.807) is 42.5 Å². The Morgan fingerprint density at radius 1 is 0.878 bits per heavy atom. The quantitative estimate of drug-likeness (QED) is 0.340. The first-order chi connectivity index (χ1) is 19.0. The van der Waals surface area contributed by atoms with E-state index >= 15 is 0 Å². The molecule has 3 aliphatic heterocycles. The molecule has 3 aliphatic rings. The van der Waals surface area contributed by atoms with Gasteiger partial charge in [0, 0.05) is 24.1 Å². The molecular formula is C25H19B8N3O5. The zero-order valence-corrected chi connectivity index (χ0v) is 22.2. The summed E-state index contributed by atoms with van der Waals surface area (Å²) in [5.74, 6) is -0.584. The molecule has 0 spiro atoms. The van der Waals surface area contributed by atoms with Gasteiger partial charge >= 0.3 is 0 Å². The second-order valence-electron chi connectivity index (χ2n) is 10.7. The monoisotopic (exact) mass is 529 g/mol. The first-order valence-electron chi connectivity index (χ1n) is 12.8. The fourth-order valence-corrected chi connectivity index (χ4v) is 5.21. The lowest BCUT2D eigenvalue weighted by Crippen LogP contribution is -2.85. The molecule has 2 saturated heterocycles. The highest BCUT2D eigenvalue weighted by molar-refractivity contribution is 6.59. The van der Waals surface area contributed by atoms with E-state index in [4.69, 9.17) is 72.2 Å². The van der Waals surface area contributed by atoms with Gasteiger partial charge in [0.2, 0.25) is 11.8 Å². The highest BCUT2D eigenvalue weighted by Crippen LogP contribution is 2.41. The Balaban J connectivity index is 1.28. The molecule has 16 heteroatoms. The van der Waals surface area contributed by atoms with Gasteiger partial charge in [-0.2, -0.15) is 0 Å². The zero-order chi connectivity index (χ0) is 30.0. The van der Waals surface area contributed by atoms with Crippen LogP contribution >= 0.6 is 0 Å². The lowest BCUT2D eigenvalue weighted by atomic mass is 9.30. The van der Waals surface area contributed by atoms with Crippen LogP contribution in [0.5, 0.6) is 5.75 Å². The number of morpholine rings is 1.